The van der Waals surface area contributed by atoms with Crippen molar-refractivity contribution < 1.29 is 23.8 Å². The van der Waals surface area contributed by atoms with Crippen LogP contribution < -0.4 is 24.8 Å². The summed E-state index contributed by atoms with van der Waals surface area (Å²) in [7, 11) is 4.55. The molecule has 0 bridgehead atoms. The second kappa shape index (κ2) is 10.7. The van der Waals surface area contributed by atoms with Crippen LogP contribution in [0.1, 0.15) is 23.0 Å². The monoisotopic (exact) mass is 493 g/mol. The number of aryl methyl sites for hydroxylation is 1. The van der Waals surface area contributed by atoms with Gasteiger partial charge in [-0.25, -0.2) is 4.68 Å². The maximum Gasteiger partial charge on any atom is 0.242 e. The van der Waals surface area contributed by atoms with E-state index in [2.05, 4.69) is 10.6 Å². The number of rotatable bonds is 8. The highest BCUT2D eigenvalue weighted by Gasteiger charge is 2.36. The fraction of sp³-hybridized carbons (Fsp3) is 0.346. The van der Waals surface area contributed by atoms with Gasteiger partial charge in [-0.2, -0.15) is 5.10 Å². The molecule has 0 spiro atoms. The predicted octanol–water partition coefficient (Wildman–Crippen LogP) is 2.63. The van der Waals surface area contributed by atoms with Crippen LogP contribution >= 0.6 is 0 Å². The Morgan fingerprint density at radius 2 is 1.75 bits per heavy atom. The van der Waals surface area contributed by atoms with Crippen molar-refractivity contribution in [2.45, 2.75) is 19.9 Å². The fourth-order valence-electron chi connectivity index (χ4n) is 4.61. The van der Waals surface area contributed by atoms with Gasteiger partial charge in [-0.15, -0.1) is 0 Å². The van der Waals surface area contributed by atoms with Gasteiger partial charge < -0.3 is 24.8 Å². The second-order valence-electron chi connectivity index (χ2n) is 8.46. The van der Waals surface area contributed by atoms with Crippen molar-refractivity contribution in [3.63, 3.8) is 0 Å². The Hall–Kier alpha value is -4.05. The Balaban J connectivity index is 1.59. The van der Waals surface area contributed by atoms with Crippen LogP contribution in [0, 0.1) is 13.8 Å². The summed E-state index contributed by atoms with van der Waals surface area (Å²) >= 11 is 0. The molecule has 4 rings (SSSR count). The lowest BCUT2D eigenvalue weighted by Crippen LogP contribution is -2.52. The molecule has 1 atom stereocenters. The minimum atomic E-state index is -0.637. The summed E-state index contributed by atoms with van der Waals surface area (Å²) in [4.78, 5) is 28.0. The van der Waals surface area contributed by atoms with Crippen molar-refractivity contribution in [3.05, 3.63) is 59.4 Å². The summed E-state index contributed by atoms with van der Waals surface area (Å²) in [5.41, 5.74) is 3.81. The Kier molecular flexibility index (Phi) is 7.44. The Labute approximate surface area is 210 Å². The lowest BCUT2D eigenvalue weighted by molar-refractivity contribution is -0.130. The number of para-hydroxylation sites is 1. The van der Waals surface area contributed by atoms with Crippen LogP contribution in [0.4, 0.5) is 5.69 Å². The lowest BCUT2D eigenvalue weighted by Gasteiger charge is -2.34. The molecule has 2 amide bonds. The molecule has 10 nitrogen and oxygen atoms in total. The first kappa shape index (κ1) is 25.1. The molecule has 0 aliphatic carbocycles. The van der Waals surface area contributed by atoms with E-state index in [1.54, 1.807) is 12.1 Å². The van der Waals surface area contributed by atoms with E-state index in [0.29, 0.717) is 36.0 Å². The van der Waals surface area contributed by atoms with Crippen molar-refractivity contribution in [1.29, 1.82) is 0 Å². The molecule has 2 heterocycles. The van der Waals surface area contributed by atoms with Crippen LogP contribution in [0.5, 0.6) is 17.2 Å². The minimum absolute atomic E-state index is 0.0180. The maximum atomic E-state index is 13.1. The summed E-state index contributed by atoms with van der Waals surface area (Å²) in [5.74, 6) is 0.881. The van der Waals surface area contributed by atoms with Gasteiger partial charge >= 0.3 is 0 Å². The summed E-state index contributed by atoms with van der Waals surface area (Å²) in [6.07, 6.45) is 0. The highest BCUT2D eigenvalue weighted by Crippen LogP contribution is 2.40. The first-order valence-electron chi connectivity index (χ1n) is 11.6. The molecule has 1 saturated heterocycles. The zero-order valence-corrected chi connectivity index (χ0v) is 21.1. The number of nitrogens with one attached hydrogen (secondary N) is 2. The van der Waals surface area contributed by atoms with Gasteiger partial charge in [0.05, 0.1) is 39.3 Å². The van der Waals surface area contributed by atoms with Gasteiger partial charge in [0.25, 0.3) is 0 Å². The van der Waals surface area contributed by atoms with Crippen LogP contribution in [-0.2, 0) is 9.59 Å². The number of benzene rings is 2. The number of aromatic nitrogens is 2. The summed E-state index contributed by atoms with van der Waals surface area (Å²) in [6.45, 7) is 4.83. The third kappa shape index (κ3) is 4.85. The average Bonchev–Trinajstić information content (AvgIpc) is 3.17. The lowest BCUT2D eigenvalue weighted by atomic mass is 10.00. The zero-order valence-electron chi connectivity index (χ0n) is 21.1. The standard InChI is InChI=1S/C26H31N5O5/c1-16-23(17(2)31(29-16)19-9-7-6-8-10-19)24-26(33)27-11-12-30(24)15-22(32)28-18-13-20(34-3)25(36-5)21(14-18)35-4/h6-10,13-14,24H,11-12,15H2,1-5H3,(H,27,33)(H,28,32). The molecule has 1 aromatic heterocycles. The second-order valence-corrected chi connectivity index (χ2v) is 8.46. The third-order valence-electron chi connectivity index (χ3n) is 6.23. The average molecular weight is 494 g/mol. The summed E-state index contributed by atoms with van der Waals surface area (Å²) in [6, 6.07) is 12.5. The van der Waals surface area contributed by atoms with Gasteiger partial charge in [0.1, 0.15) is 6.04 Å². The largest absolute Gasteiger partial charge is 0.493 e. The van der Waals surface area contributed by atoms with E-state index in [4.69, 9.17) is 19.3 Å². The molecule has 36 heavy (non-hydrogen) atoms. The van der Waals surface area contributed by atoms with E-state index < -0.39 is 6.04 Å². The molecular weight excluding hydrogens is 462 g/mol. The van der Waals surface area contributed by atoms with Crippen molar-refractivity contribution in [1.82, 2.24) is 20.0 Å². The number of methoxy groups -OCH3 is 3. The summed E-state index contributed by atoms with van der Waals surface area (Å²) < 4.78 is 17.9. The normalized spacial score (nSPS) is 15.8. The van der Waals surface area contributed by atoms with Gasteiger partial charge in [-0.05, 0) is 26.0 Å². The van der Waals surface area contributed by atoms with Crippen molar-refractivity contribution in [3.8, 4) is 22.9 Å². The number of amides is 2. The first-order chi connectivity index (χ1) is 17.4. The van der Waals surface area contributed by atoms with Crippen LogP contribution in [0.3, 0.4) is 0 Å². The van der Waals surface area contributed by atoms with E-state index in [9.17, 15) is 9.59 Å². The Morgan fingerprint density at radius 1 is 1.08 bits per heavy atom. The van der Waals surface area contributed by atoms with Gasteiger partial charge in [-0.1, -0.05) is 18.2 Å². The van der Waals surface area contributed by atoms with Crippen LogP contribution in [0.2, 0.25) is 0 Å². The molecule has 1 unspecified atom stereocenters. The highest BCUT2D eigenvalue weighted by molar-refractivity contribution is 5.94. The molecule has 1 aliphatic rings. The van der Waals surface area contributed by atoms with Gasteiger partial charge in [0.2, 0.25) is 17.6 Å². The van der Waals surface area contributed by atoms with Crippen LogP contribution in [0.25, 0.3) is 5.69 Å². The van der Waals surface area contributed by atoms with E-state index in [0.717, 1.165) is 22.6 Å². The van der Waals surface area contributed by atoms with E-state index in [-0.39, 0.29) is 18.4 Å². The number of anilines is 1. The smallest absolute Gasteiger partial charge is 0.242 e. The van der Waals surface area contributed by atoms with Crippen molar-refractivity contribution in [2.24, 2.45) is 0 Å². The SMILES string of the molecule is COc1cc(NC(=O)CN2CCNC(=O)C2c2c(C)nn(-c3ccccc3)c2C)cc(OC)c1OC. The molecule has 2 N–H and O–H groups in total. The van der Waals surface area contributed by atoms with Gasteiger partial charge in [0, 0.05) is 42.2 Å². The number of ether oxygens (including phenoxy) is 3. The number of piperazine rings is 1. The molecule has 2 aromatic carbocycles. The van der Waals surface area contributed by atoms with Gasteiger partial charge in [-0.3, -0.25) is 14.5 Å². The molecule has 0 radical (unpaired) electrons. The maximum absolute atomic E-state index is 13.1. The van der Waals surface area contributed by atoms with E-state index in [1.807, 2.05) is 53.8 Å². The number of carbonyl (C=O) groups excluding carboxylic acids is 2. The first-order valence-corrected chi connectivity index (χ1v) is 11.6. The molecule has 190 valence electrons. The third-order valence-corrected chi connectivity index (χ3v) is 6.23. The molecule has 1 fully saturated rings. The zero-order chi connectivity index (χ0) is 25.8. The summed E-state index contributed by atoms with van der Waals surface area (Å²) in [5, 5.41) is 10.5. The van der Waals surface area contributed by atoms with Gasteiger partial charge in [0.15, 0.2) is 11.5 Å². The molecule has 1 aliphatic heterocycles. The van der Waals surface area contributed by atoms with E-state index in [1.165, 1.54) is 21.3 Å². The van der Waals surface area contributed by atoms with E-state index >= 15 is 0 Å². The molecule has 0 saturated carbocycles. The molecule has 10 heteroatoms. The molecule has 3 aromatic rings. The molecular formula is C26H31N5O5. The topological polar surface area (TPSA) is 107 Å². The Bertz CT molecular complexity index is 1230. The highest BCUT2D eigenvalue weighted by atomic mass is 16.5. The van der Waals surface area contributed by atoms with Crippen LogP contribution in [-0.4, -0.2) is 67.5 Å². The predicted molar refractivity (Wildman–Crippen MR) is 135 cm³/mol. The minimum Gasteiger partial charge on any atom is -0.493 e. The number of nitrogens with zero attached hydrogens (tertiary/aromatic N) is 3. The number of carbonyl (C=O) groups is 2. The quantitative estimate of drug-likeness (QED) is 0.497. The number of hydrogen-bond donors (Lipinski definition) is 2. The Morgan fingerprint density at radius 3 is 2.36 bits per heavy atom. The fourth-order valence-corrected chi connectivity index (χ4v) is 4.61. The van der Waals surface area contributed by atoms with Crippen molar-refractivity contribution >= 4 is 17.5 Å². The van der Waals surface area contributed by atoms with Crippen LogP contribution in [0.15, 0.2) is 42.5 Å². The number of hydrogen-bond acceptors (Lipinski definition) is 7. The van der Waals surface area contributed by atoms with Crippen molar-refractivity contribution in [2.75, 3.05) is 46.3 Å².